The quantitative estimate of drug-likeness (QED) is 0.842. The normalized spacial score (nSPS) is 25.4. The standard InChI is InChI=1S/C21H20ClFN2O2/c22-17-7-4-8-18(23)16(17)13-19-20(14-9-11-25(19)12-10-14)27-21(26)24-15-5-2-1-3-6-15/h1-8,13-14,20H,9-12H2,(H,24,26)/p+1/t20-/m1/s1. The fourth-order valence-corrected chi connectivity index (χ4v) is 4.18. The van der Waals surface area contributed by atoms with Crippen LogP contribution in [0.4, 0.5) is 14.9 Å². The summed E-state index contributed by atoms with van der Waals surface area (Å²) in [6, 6.07) is 13.8. The summed E-state index contributed by atoms with van der Waals surface area (Å²) in [5, 5.41) is 3.12. The number of fused-ring (bicyclic) bond motifs is 3. The number of para-hydroxylation sites is 1. The van der Waals surface area contributed by atoms with E-state index in [0.29, 0.717) is 16.3 Å². The highest BCUT2D eigenvalue weighted by molar-refractivity contribution is 6.32. The first-order chi connectivity index (χ1) is 13.1. The summed E-state index contributed by atoms with van der Waals surface area (Å²) in [5.74, 6) is -0.120. The van der Waals surface area contributed by atoms with Crippen LogP contribution in [0.15, 0.2) is 54.2 Å². The van der Waals surface area contributed by atoms with E-state index in [0.717, 1.165) is 31.6 Å². The van der Waals surface area contributed by atoms with Crippen molar-refractivity contribution in [2.75, 3.05) is 18.4 Å². The maximum Gasteiger partial charge on any atom is 0.412 e. The maximum atomic E-state index is 14.3. The van der Waals surface area contributed by atoms with Crippen LogP contribution in [-0.4, -0.2) is 25.3 Å². The van der Waals surface area contributed by atoms with Gasteiger partial charge in [-0.05, 0) is 24.3 Å². The molecule has 4 nitrogen and oxygen atoms in total. The molecule has 3 aliphatic rings. The SMILES string of the molecule is O=C(Nc1ccccc1)O[C@H]1C(=Cc2c(F)cccc2Cl)[NH+]2CCC1CC2. The predicted octanol–water partition coefficient (Wildman–Crippen LogP) is 3.75. The third kappa shape index (κ3) is 3.84. The second-order valence-electron chi connectivity index (χ2n) is 6.99. The first-order valence-electron chi connectivity index (χ1n) is 9.15. The molecular formula is C21H21ClFN2O2+. The largest absolute Gasteiger partial charge is 0.435 e. The van der Waals surface area contributed by atoms with Crippen LogP contribution in [0.1, 0.15) is 18.4 Å². The van der Waals surface area contributed by atoms with Crippen LogP contribution in [0.25, 0.3) is 6.08 Å². The van der Waals surface area contributed by atoms with Gasteiger partial charge in [0.2, 0.25) is 0 Å². The molecule has 0 aliphatic carbocycles. The minimum absolute atomic E-state index is 0.251. The first kappa shape index (κ1) is 18.0. The van der Waals surface area contributed by atoms with Gasteiger partial charge in [0.15, 0.2) is 6.10 Å². The number of halogens is 2. The molecule has 2 aromatic rings. The molecule has 1 amide bonds. The van der Waals surface area contributed by atoms with E-state index >= 15 is 0 Å². The Morgan fingerprint density at radius 1 is 1.15 bits per heavy atom. The molecule has 27 heavy (non-hydrogen) atoms. The highest BCUT2D eigenvalue weighted by Gasteiger charge is 2.44. The number of ether oxygens (including phenoxy) is 1. The van der Waals surface area contributed by atoms with E-state index in [1.807, 2.05) is 18.2 Å². The number of rotatable bonds is 3. The Hall–Kier alpha value is -2.37. The van der Waals surface area contributed by atoms with E-state index in [1.54, 1.807) is 30.3 Å². The third-order valence-corrected chi connectivity index (χ3v) is 5.66. The Balaban J connectivity index is 1.59. The minimum Gasteiger partial charge on any atom is -0.435 e. The number of carbonyl (C=O) groups excluding carboxylic acids is 1. The summed E-state index contributed by atoms with van der Waals surface area (Å²) in [4.78, 5) is 13.6. The van der Waals surface area contributed by atoms with Crippen LogP contribution < -0.4 is 10.2 Å². The van der Waals surface area contributed by atoms with Gasteiger partial charge in [0.1, 0.15) is 11.5 Å². The lowest BCUT2D eigenvalue weighted by molar-refractivity contribution is -0.880. The topological polar surface area (TPSA) is 42.8 Å². The lowest BCUT2D eigenvalue weighted by Gasteiger charge is -2.42. The number of piperidine rings is 3. The Morgan fingerprint density at radius 3 is 2.59 bits per heavy atom. The van der Waals surface area contributed by atoms with Crippen LogP contribution in [-0.2, 0) is 4.74 Å². The van der Waals surface area contributed by atoms with Crippen molar-refractivity contribution in [2.45, 2.75) is 18.9 Å². The molecule has 1 atom stereocenters. The van der Waals surface area contributed by atoms with Crippen LogP contribution in [0, 0.1) is 11.7 Å². The van der Waals surface area contributed by atoms with Gasteiger partial charge in [0.25, 0.3) is 0 Å². The van der Waals surface area contributed by atoms with Crippen LogP contribution in [0.2, 0.25) is 5.02 Å². The molecule has 2 bridgehead atoms. The number of hydrogen-bond acceptors (Lipinski definition) is 2. The van der Waals surface area contributed by atoms with Crippen LogP contribution >= 0.6 is 11.6 Å². The van der Waals surface area contributed by atoms with Crippen molar-refractivity contribution in [1.82, 2.24) is 0 Å². The summed E-state index contributed by atoms with van der Waals surface area (Å²) in [6.45, 7) is 1.92. The number of hydrogen-bond donors (Lipinski definition) is 2. The minimum atomic E-state index is -0.495. The number of amides is 1. The van der Waals surface area contributed by atoms with E-state index in [1.165, 1.54) is 11.0 Å². The van der Waals surface area contributed by atoms with E-state index < -0.39 is 6.09 Å². The maximum absolute atomic E-state index is 14.3. The molecule has 0 saturated carbocycles. The van der Waals surface area contributed by atoms with E-state index in [-0.39, 0.29) is 17.8 Å². The molecule has 2 N–H and O–H groups in total. The zero-order valence-corrected chi connectivity index (χ0v) is 15.5. The highest BCUT2D eigenvalue weighted by Crippen LogP contribution is 2.30. The number of quaternary nitrogens is 1. The van der Waals surface area contributed by atoms with Crippen molar-refractivity contribution >= 4 is 29.5 Å². The summed E-state index contributed by atoms with van der Waals surface area (Å²) >= 11 is 6.20. The smallest absolute Gasteiger partial charge is 0.412 e. The van der Waals surface area contributed by atoms with E-state index in [9.17, 15) is 9.18 Å². The van der Waals surface area contributed by atoms with Gasteiger partial charge in [0.05, 0.1) is 18.1 Å². The van der Waals surface area contributed by atoms with Gasteiger partial charge in [-0.15, -0.1) is 0 Å². The monoisotopic (exact) mass is 387 g/mol. The van der Waals surface area contributed by atoms with Gasteiger partial charge in [-0.3, -0.25) is 5.32 Å². The number of benzene rings is 2. The fraction of sp³-hybridized carbons (Fsp3) is 0.286. The molecule has 5 rings (SSSR count). The molecule has 140 valence electrons. The highest BCUT2D eigenvalue weighted by atomic mass is 35.5. The Bertz CT molecular complexity index is 843. The summed E-state index contributed by atoms with van der Waals surface area (Å²) < 4.78 is 20.1. The van der Waals surface area contributed by atoms with Gasteiger partial charge in [-0.1, -0.05) is 35.9 Å². The van der Waals surface area contributed by atoms with Crippen LogP contribution in [0.5, 0.6) is 0 Å². The molecule has 0 aromatic heterocycles. The molecule has 0 spiro atoms. The van der Waals surface area contributed by atoms with Crippen LogP contribution in [0.3, 0.4) is 0 Å². The van der Waals surface area contributed by atoms with Gasteiger partial charge >= 0.3 is 6.09 Å². The van der Waals surface area contributed by atoms with Crippen molar-refractivity contribution in [2.24, 2.45) is 5.92 Å². The molecular weight excluding hydrogens is 367 g/mol. The number of nitrogens with one attached hydrogen (secondary N) is 2. The summed E-state index contributed by atoms with van der Waals surface area (Å²) in [6.07, 6.45) is 2.87. The molecule has 3 aliphatic heterocycles. The molecule has 3 heterocycles. The number of anilines is 1. The Kier molecular flexibility index (Phi) is 5.14. The second kappa shape index (κ2) is 7.71. The van der Waals surface area contributed by atoms with Crippen molar-refractivity contribution in [1.29, 1.82) is 0 Å². The average molecular weight is 388 g/mol. The van der Waals surface area contributed by atoms with Gasteiger partial charge in [-0.2, -0.15) is 0 Å². The second-order valence-corrected chi connectivity index (χ2v) is 7.40. The molecule has 3 fully saturated rings. The zero-order chi connectivity index (χ0) is 18.8. The third-order valence-electron chi connectivity index (χ3n) is 5.33. The molecule has 2 aromatic carbocycles. The Morgan fingerprint density at radius 2 is 1.89 bits per heavy atom. The lowest BCUT2D eigenvalue weighted by Crippen LogP contribution is -3.14. The Labute approximate surface area is 162 Å². The predicted molar refractivity (Wildman–Crippen MR) is 103 cm³/mol. The van der Waals surface area contributed by atoms with Crippen molar-refractivity contribution in [3.63, 3.8) is 0 Å². The number of carbonyl (C=O) groups is 1. The van der Waals surface area contributed by atoms with Gasteiger partial charge in [-0.25, -0.2) is 9.18 Å². The van der Waals surface area contributed by atoms with E-state index in [2.05, 4.69) is 5.32 Å². The van der Waals surface area contributed by atoms with Crippen molar-refractivity contribution in [3.8, 4) is 0 Å². The first-order valence-corrected chi connectivity index (χ1v) is 9.53. The molecule has 3 saturated heterocycles. The summed E-state index contributed by atoms with van der Waals surface area (Å²) in [5.41, 5.74) is 1.93. The lowest BCUT2D eigenvalue weighted by atomic mass is 9.82. The van der Waals surface area contributed by atoms with Crippen molar-refractivity contribution < 1.29 is 18.8 Å². The average Bonchev–Trinajstić information content (AvgIpc) is 2.67. The van der Waals surface area contributed by atoms with Gasteiger partial charge in [0, 0.05) is 36.1 Å². The fourth-order valence-electron chi connectivity index (χ4n) is 3.97. The summed E-state index contributed by atoms with van der Waals surface area (Å²) in [7, 11) is 0. The van der Waals surface area contributed by atoms with E-state index in [4.69, 9.17) is 16.3 Å². The van der Waals surface area contributed by atoms with Crippen molar-refractivity contribution in [3.05, 3.63) is 70.6 Å². The molecule has 0 radical (unpaired) electrons. The molecule has 6 heteroatoms. The zero-order valence-electron chi connectivity index (χ0n) is 14.8. The van der Waals surface area contributed by atoms with Gasteiger partial charge < -0.3 is 9.64 Å². The molecule has 0 unspecified atom stereocenters.